The van der Waals surface area contributed by atoms with E-state index in [2.05, 4.69) is 0 Å². The van der Waals surface area contributed by atoms with Crippen molar-refractivity contribution in [3.05, 3.63) is 0 Å². The van der Waals surface area contributed by atoms with E-state index in [1.807, 2.05) is 0 Å². The van der Waals surface area contributed by atoms with Crippen LogP contribution in [0.15, 0.2) is 0 Å². The van der Waals surface area contributed by atoms with Crippen LogP contribution in [0.25, 0.3) is 0 Å². The highest BCUT2D eigenvalue weighted by molar-refractivity contribution is 7.85. The molecule has 0 spiro atoms. The number of rotatable bonds is 0. The smallest absolute Gasteiger partial charge is 0.261 e. The lowest BCUT2D eigenvalue weighted by Crippen LogP contribution is -1.88. The van der Waals surface area contributed by atoms with Crippen molar-refractivity contribution in [2.45, 2.75) is 12.8 Å². The van der Waals surface area contributed by atoms with Crippen molar-refractivity contribution in [2.75, 3.05) is 25.7 Å². The average molecular weight is 264 g/mol. The molecule has 0 unspecified atom stereocenters. The molecule has 15 heavy (non-hydrogen) atoms. The molecule has 0 radical (unpaired) electrons. The monoisotopic (exact) mass is 264 g/mol. The molecule has 2 N–H and O–H groups in total. The maximum Gasteiger partial charge on any atom is 0.261 e. The van der Waals surface area contributed by atoms with Crippen LogP contribution in [0.4, 0.5) is 0 Å². The highest BCUT2D eigenvalue weighted by Gasteiger charge is 1.94. The molecule has 1 aliphatic heterocycles. The van der Waals surface area contributed by atoms with Crippen LogP contribution in [0.2, 0.25) is 0 Å². The highest BCUT2D eigenvalue weighted by Crippen LogP contribution is 1.98. The van der Waals surface area contributed by atoms with Gasteiger partial charge in [0.05, 0.1) is 12.5 Å². The maximum atomic E-state index is 9.19. The van der Waals surface area contributed by atoms with Gasteiger partial charge in [0.25, 0.3) is 20.2 Å². The number of ether oxygens (including phenoxy) is 1. The summed E-state index contributed by atoms with van der Waals surface area (Å²) in [6.07, 6.45) is 3.99. The first-order chi connectivity index (χ1) is 6.50. The Hall–Kier alpha value is -0.220. The van der Waals surface area contributed by atoms with E-state index in [-0.39, 0.29) is 0 Å². The Kier molecular flexibility index (Phi) is 9.16. The van der Waals surface area contributed by atoms with E-state index in [1.54, 1.807) is 0 Å². The third kappa shape index (κ3) is 83.7. The minimum atomic E-state index is -3.67. The van der Waals surface area contributed by atoms with Gasteiger partial charge in [-0.2, -0.15) is 16.8 Å². The zero-order valence-corrected chi connectivity index (χ0v) is 10.2. The van der Waals surface area contributed by atoms with Gasteiger partial charge in [0.2, 0.25) is 0 Å². The Bertz CT molecular complexity index is 271. The van der Waals surface area contributed by atoms with Gasteiger partial charge in [0.1, 0.15) is 0 Å². The highest BCUT2D eigenvalue weighted by atomic mass is 32.2. The van der Waals surface area contributed by atoms with Gasteiger partial charge in [-0.3, -0.25) is 9.11 Å². The fraction of sp³-hybridized carbons (Fsp3) is 1.00. The summed E-state index contributed by atoms with van der Waals surface area (Å²) in [7, 11) is -7.33. The van der Waals surface area contributed by atoms with E-state index < -0.39 is 20.2 Å². The van der Waals surface area contributed by atoms with Gasteiger partial charge in [0, 0.05) is 13.2 Å². The SMILES string of the molecule is C1CCOC1.CS(=O)(=O)O.CS(=O)(=O)O. The van der Waals surface area contributed by atoms with Crippen molar-refractivity contribution in [3.8, 4) is 0 Å². The zero-order valence-electron chi connectivity index (χ0n) is 8.58. The van der Waals surface area contributed by atoms with Gasteiger partial charge in [-0.1, -0.05) is 0 Å². The molecule has 7 nitrogen and oxygen atoms in total. The van der Waals surface area contributed by atoms with Crippen LogP contribution in [0.5, 0.6) is 0 Å². The molecule has 1 saturated heterocycles. The molecular formula is C6H16O7S2. The summed E-state index contributed by atoms with van der Waals surface area (Å²) < 4.78 is 56.7. The minimum absolute atomic E-state index is 0.715. The molecule has 0 amide bonds. The summed E-state index contributed by atoms with van der Waals surface area (Å²) in [6, 6.07) is 0. The van der Waals surface area contributed by atoms with Crippen molar-refractivity contribution in [1.82, 2.24) is 0 Å². The summed E-state index contributed by atoms with van der Waals surface area (Å²) in [5, 5.41) is 0. The average Bonchev–Trinajstić information content (AvgIpc) is 2.28. The van der Waals surface area contributed by atoms with E-state index in [0.29, 0.717) is 12.5 Å². The molecule has 0 bridgehead atoms. The zero-order chi connectivity index (χ0) is 12.5. The Morgan fingerprint density at radius 2 is 1.07 bits per heavy atom. The Morgan fingerprint density at radius 3 is 1.13 bits per heavy atom. The number of hydrogen-bond acceptors (Lipinski definition) is 5. The van der Waals surface area contributed by atoms with Crippen LogP contribution in [0.1, 0.15) is 12.8 Å². The fourth-order valence-electron chi connectivity index (χ4n) is 0.510. The van der Waals surface area contributed by atoms with E-state index in [9.17, 15) is 16.8 Å². The molecule has 0 aromatic rings. The van der Waals surface area contributed by atoms with Gasteiger partial charge in [-0.05, 0) is 12.8 Å². The van der Waals surface area contributed by atoms with Crippen molar-refractivity contribution >= 4 is 20.2 Å². The Labute approximate surface area is 89.9 Å². The second-order valence-corrected chi connectivity index (χ2v) is 5.72. The van der Waals surface area contributed by atoms with Crippen LogP contribution in [0, 0.1) is 0 Å². The molecule has 1 aliphatic rings. The lowest BCUT2D eigenvalue weighted by Gasteiger charge is -1.76. The topological polar surface area (TPSA) is 118 Å². The molecule has 0 aromatic carbocycles. The molecule has 0 saturated carbocycles. The van der Waals surface area contributed by atoms with Gasteiger partial charge < -0.3 is 4.74 Å². The predicted octanol–water partition coefficient (Wildman–Crippen LogP) is -0.195. The quantitative estimate of drug-likeness (QED) is 0.582. The summed E-state index contributed by atoms with van der Waals surface area (Å²) in [5.74, 6) is 0. The third-order valence-electron chi connectivity index (χ3n) is 0.827. The summed E-state index contributed by atoms with van der Waals surface area (Å²) in [5.41, 5.74) is 0. The molecule has 94 valence electrons. The summed E-state index contributed by atoms with van der Waals surface area (Å²) >= 11 is 0. The van der Waals surface area contributed by atoms with Crippen LogP contribution in [-0.4, -0.2) is 51.7 Å². The van der Waals surface area contributed by atoms with E-state index in [1.165, 1.54) is 12.8 Å². The standard InChI is InChI=1S/C4H8O.2CH4O3S/c1-2-4-5-3-1;2*1-5(2,3)4/h1-4H2;2*1H3,(H,2,3,4). The first-order valence-corrected chi connectivity index (χ1v) is 7.62. The molecule has 1 fully saturated rings. The fourth-order valence-corrected chi connectivity index (χ4v) is 0.510. The second-order valence-electron chi connectivity index (χ2n) is 2.79. The van der Waals surface area contributed by atoms with Crippen LogP contribution >= 0.6 is 0 Å². The maximum absolute atomic E-state index is 9.19. The molecule has 1 rings (SSSR count). The largest absolute Gasteiger partial charge is 0.381 e. The molecule has 0 aromatic heterocycles. The molecule has 0 atom stereocenters. The van der Waals surface area contributed by atoms with Crippen LogP contribution in [-0.2, 0) is 25.0 Å². The predicted molar refractivity (Wildman–Crippen MR) is 55.0 cm³/mol. The van der Waals surface area contributed by atoms with Gasteiger partial charge in [-0.15, -0.1) is 0 Å². The van der Waals surface area contributed by atoms with Crippen LogP contribution < -0.4 is 0 Å². The first-order valence-electron chi connectivity index (χ1n) is 3.93. The Morgan fingerprint density at radius 1 is 0.867 bits per heavy atom. The minimum Gasteiger partial charge on any atom is -0.381 e. The van der Waals surface area contributed by atoms with E-state index in [0.717, 1.165) is 13.2 Å². The van der Waals surface area contributed by atoms with Gasteiger partial charge >= 0.3 is 0 Å². The van der Waals surface area contributed by atoms with E-state index in [4.69, 9.17) is 13.8 Å². The summed E-state index contributed by atoms with van der Waals surface area (Å²) in [4.78, 5) is 0. The van der Waals surface area contributed by atoms with Crippen molar-refractivity contribution in [2.24, 2.45) is 0 Å². The van der Waals surface area contributed by atoms with E-state index >= 15 is 0 Å². The molecule has 1 heterocycles. The first kappa shape index (κ1) is 17.2. The van der Waals surface area contributed by atoms with Crippen molar-refractivity contribution in [3.63, 3.8) is 0 Å². The third-order valence-corrected chi connectivity index (χ3v) is 0.827. The van der Waals surface area contributed by atoms with Gasteiger partial charge in [-0.25, -0.2) is 0 Å². The van der Waals surface area contributed by atoms with Crippen molar-refractivity contribution < 1.29 is 30.7 Å². The lowest BCUT2D eigenvalue weighted by molar-refractivity contribution is 0.198. The Balaban J connectivity index is 0. The lowest BCUT2D eigenvalue weighted by atomic mass is 10.4. The molecule has 9 heteroatoms. The summed E-state index contributed by atoms with van der Waals surface area (Å²) in [6.45, 7) is 2.00. The second kappa shape index (κ2) is 7.99. The molecular weight excluding hydrogens is 248 g/mol. The van der Waals surface area contributed by atoms with Crippen molar-refractivity contribution in [1.29, 1.82) is 0 Å². The van der Waals surface area contributed by atoms with Crippen LogP contribution in [0.3, 0.4) is 0 Å². The van der Waals surface area contributed by atoms with Gasteiger partial charge in [0.15, 0.2) is 0 Å². The molecule has 0 aliphatic carbocycles. The number of hydrogen-bond donors (Lipinski definition) is 2. The normalized spacial score (nSPS) is 15.7.